The number of aryl methyl sites for hydroxylation is 2. The molecule has 5 rings (SSSR count). The first-order chi connectivity index (χ1) is 14.1. The van der Waals surface area contributed by atoms with E-state index < -0.39 is 0 Å². The number of fused-ring (bicyclic) bond motifs is 1. The van der Waals surface area contributed by atoms with Crippen LogP contribution in [0.2, 0.25) is 0 Å². The van der Waals surface area contributed by atoms with Crippen LogP contribution in [0.4, 0.5) is 0 Å². The zero-order chi connectivity index (χ0) is 20.0. The molecule has 0 spiro atoms. The second kappa shape index (κ2) is 6.80. The van der Waals surface area contributed by atoms with Crippen LogP contribution in [0.1, 0.15) is 35.1 Å². The number of carbonyl (C=O) groups is 1. The van der Waals surface area contributed by atoms with Gasteiger partial charge in [-0.25, -0.2) is 0 Å². The summed E-state index contributed by atoms with van der Waals surface area (Å²) in [4.78, 5) is 14.5. The molecule has 0 aromatic carbocycles. The first kappa shape index (κ1) is 17.5. The Balaban J connectivity index is 1.36. The molecular formula is C19H21N9O. The van der Waals surface area contributed by atoms with Gasteiger partial charge in [0, 0.05) is 51.1 Å². The fraction of sp³-hybridized carbons (Fsp3) is 0.368. The van der Waals surface area contributed by atoms with E-state index in [-0.39, 0.29) is 11.8 Å². The summed E-state index contributed by atoms with van der Waals surface area (Å²) in [6.45, 7) is 1.33. The molecule has 1 fully saturated rings. The zero-order valence-corrected chi connectivity index (χ0v) is 16.3. The number of hydrogen-bond acceptors (Lipinski definition) is 6. The van der Waals surface area contributed by atoms with Crippen molar-refractivity contribution in [2.45, 2.75) is 18.8 Å². The summed E-state index contributed by atoms with van der Waals surface area (Å²) >= 11 is 0. The number of piperidine rings is 1. The largest absolute Gasteiger partial charge is 0.337 e. The van der Waals surface area contributed by atoms with Gasteiger partial charge in [0.05, 0.1) is 11.9 Å². The van der Waals surface area contributed by atoms with Crippen molar-refractivity contribution in [2.24, 2.45) is 14.1 Å². The molecule has 10 heteroatoms. The van der Waals surface area contributed by atoms with Crippen LogP contribution in [0.25, 0.3) is 16.9 Å². The Morgan fingerprint density at radius 1 is 1.03 bits per heavy atom. The Morgan fingerprint density at radius 2 is 1.86 bits per heavy atom. The Bertz CT molecular complexity index is 1180. The molecule has 1 aliphatic rings. The maximum atomic E-state index is 12.6. The summed E-state index contributed by atoms with van der Waals surface area (Å²) in [5.74, 6) is 1.03. The highest BCUT2D eigenvalue weighted by Gasteiger charge is 2.28. The van der Waals surface area contributed by atoms with Crippen molar-refractivity contribution in [2.75, 3.05) is 13.1 Å². The van der Waals surface area contributed by atoms with Crippen LogP contribution in [0.3, 0.4) is 0 Å². The topological polar surface area (TPSA) is 99.0 Å². The fourth-order valence-corrected chi connectivity index (χ4v) is 3.80. The van der Waals surface area contributed by atoms with Crippen LogP contribution < -0.4 is 0 Å². The molecule has 0 bridgehead atoms. The molecule has 1 saturated heterocycles. The maximum Gasteiger partial charge on any atom is 0.274 e. The minimum Gasteiger partial charge on any atom is -0.337 e. The number of rotatable bonds is 3. The van der Waals surface area contributed by atoms with Gasteiger partial charge in [-0.2, -0.15) is 19.8 Å². The predicted octanol–water partition coefficient (Wildman–Crippen LogP) is 1.28. The van der Waals surface area contributed by atoms with Crippen molar-refractivity contribution in [3.05, 3.63) is 48.3 Å². The van der Waals surface area contributed by atoms with Gasteiger partial charge in [0.2, 0.25) is 0 Å². The van der Waals surface area contributed by atoms with E-state index in [1.165, 1.54) is 0 Å². The number of carbonyl (C=O) groups excluding carboxylic acids is 1. The molecule has 0 unspecified atom stereocenters. The summed E-state index contributed by atoms with van der Waals surface area (Å²) in [6, 6.07) is 5.61. The minimum absolute atomic E-state index is 0.0212. The molecule has 0 atom stereocenters. The number of likely N-dealkylation sites (tertiary alicyclic amines) is 1. The highest BCUT2D eigenvalue weighted by atomic mass is 16.2. The number of nitrogens with zero attached hydrogens (tertiary/aromatic N) is 9. The summed E-state index contributed by atoms with van der Waals surface area (Å²) in [5, 5.41) is 21.9. The Morgan fingerprint density at radius 3 is 2.55 bits per heavy atom. The van der Waals surface area contributed by atoms with Gasteiger partial charge < -0.3 is 4.90 Å². The first-order valence-electron chi connectivity index (χ1n) is 9.59. The van der Waals surface area contributed by atoms with Gasteiger partial charge in [-0.3, -0.25) is 14.2 Å². The molecule has 4 aromatic heterocycles. The fourth-order valence-electron chi connectivity index (χ4n) is 3.80. The lowest BCUT2D eigenvalue weighted by molar-refractivity contribution is 0.0704. The van der Waals surface area contributed by atoms with Crippen LogP contribution in [0.15, 0.2) is 36.8 Å². The van der Waals surface area contributed by atoms with E-state index >= 15 is 0 Å². The van der Waals surface area contributed by atoms with Crippen LogP contribution in [0.5, 0.6) is 0 Å². The molecule has 0 saturated carbocycles. The van der Waals surface area contributed by atoms with Gasteiger partial charge in [0.1, 0.15) is 5.69 Å². The van der Waals surface area contributed by atoms with Gasteiger partial charge in [-0.15, -0.1) is 10.2 Å². The van der Waals surface area contributed by atoms with Crippen molar-refractivity contribution in [3.8, 4) is 11.3 Å². The van der Waals surface area contributed by atoms with E-state index in [1.807, 2.05) is 41.8 Å². The van der Waals surface area contributed by atoms with Gasteiger partial charge in [-0.05, 0) is 31.0 Å². The van der Waals surface area contributed by atoms with Crippen molar-refractivity contribution in [1.29, 1.82) is 0 Å². The van der Waals surface area contributed by atoms with Crippen molar-refractivity contribution >= 4 is 11.6 Å². The normalized spacial score (nSPS) is 15.3. The van der Waals surface area contributed by atoms with Crippen molar-refractivity contribution in [3.63, 3.8) is 0 Å². The van der Waals surface area contributed by atoms with Crippen LogP contribution in [0, 0.1) is 0 Å². The van der Waals surface area contributed by atoms with E-state index in [2.05, 4.69) is 20.4 Å². The molecule has 1 amide bonds. The van der Waals surface area contributed by atoms with E-state index in [0.717, 1.165) is 35.6 Å². The third-order valence-electron chi connectivity index (χ3n) is 5.37. The molecule has 4 aromatic rings. The van der Waals surface area contributed by atoms with Crippen molar-refractivity contribution < 1.29 is 4.79 Å². The first-order valence-corrected chi connectivity index (χ1v) is 9.59. The Kier molecular flexibility index (Phi) is 4.11. The average Bonchev–Trinajstić information content (AvgIpc) is 3.46. The monoisotopic (exact) mass is 391 g/mol. The van der Waals surface area contributed by atoms with Gasteiger partial charge >= 0.3 is 0 Å². The molecule has 148 valence electrons. The second-order valence-electron chi connectivity index (χ2n) is 7.39. The molecule has 0 radical (unpaired) electrons. The second-order valence-corrected chi connectivity index (χ2v) is 7.39. The minimum atomic E-state index is -0.0212. The molecule has 5 heterocycles. The number of hydrogen-bond donors (Lipinski definition) is 0. The summed E-state index contributed by atoms with van der Waals surface area (Å²) < 4.78 is 5.22. The lowest BCUT2D eigenvalue weighted by atomic mass is 9.96. The average molecular weight is 391 g/mol. The zero-order valence-electron chi connectivity index (χ0n) is 16.3. The quantitative estimate of drug-likeness (QED) is 0.522. The Hall–Kier alpha value is -3.56. The maximum absolute atomic E-state index is 12.6. The molecule has 0 N–H and O–H groups in total. The third kappa shape index (κ3) is 3.16. The summed E-state index contributed by atoms with van der Waals surface area (Å²) in [6.07, 6.45) is 7.14. The van der Waals surface area contributed by atoms with E-state index in [1.54, 1.807) is 27.8 Å². The standard InChI is InChI=1S/C19H21N9O/c1-25-8-7-16(23-25)19(29)27-9-5-13(6-10-27)18-22-21-17-4-3-15(24-28(17)18)14-11-20-26(2)12-14/h3-4,7-8,11-13H,5-6,9-10H2,1-2H3. The highest BCUT2D eigenvalue weighted by molar-refractivity contribution is 5.92. The lowest BCUT2D eigenvalue weighted by Gasteiger charge is -2.30. The molecule has 29 heavy (non-hydrogen) atoms. The highest BCUT2D eigenvalue weighted by Crippen LogP contribution is 2.28. The molecule has 1 aliphatic heterocycles. The lowest BCUT2D eigenvalue weighted by Crippen LogP contribution is -2.38. The molecule has 0 aliphatic carbocycles. The molecule has 10 nitrogen and oxygen atoms in total. The van der Waals surface area contributed by atoms with E-state index in [0.29, 0.717) is 18.8 Å². The predicted molar refractivity (Wildman–Crippen MR) is 104 cm³/mol. The van der Waals surface area contributed by atoms with E-state index in [4.69, 9.17) is 5.10 Å². The van der Waals surface area contributed by atoms with Gasteiger partial charge in [0.15, 0.2) is 11.5 Å². The number of amides is 1. The summed E-state index contributed by atoms with van der Waals surface area (Å²) in [7, 11) is 3.69. The van der Waals surface area contributed by atoms with E-state index in [9.17, 15) is 4.79 Å². The molecular weight excluding hydrogens is 370 g/mol. The van der Waals surface area contributed by atoms with Crippen LogP contribution in [-0.2, 0) is 14.1 Å². The smallest absolute Gasteiger partial charge is 0.274 e. The summed E-state index contributed by atoms with van der Waals surface area (Å²) in [5.41, 5.74) is 2.99. The van der Waals surface area contributed by atoms with Gasteiger partial charge in [0.25, 0.3) is 5.91 Å². The Labute approximate surface area is 166 Å². The number of aromatic nitrogens is 8. The van der Waals surface area contributed by atoms with Crippen LogP contribution >= 0.6 is 0 Å². The van der Waals surface area contributed by atoms with Crippen LogP contribution in [-0.4, -0.2) is 63.3 Å². The SMILES string of the molecule is Cn1cc(-c2ccc3nnc(C4CCN(C(=O)c5ccn(C)n5)CC4)n3n2)cn1. The van der Waals surface area contributed by atoms with Crippen molar-refractivity contribution in [1.82, 2.24) is 44.3 Å². The van der Waals surface area contributed by atoms with Gasteiger partial charge in [-0.1, -0.05) is 0 Å². The third-order valence-corrected chi connectivity index (χ3v) is 5.37.